The van der Waals surface area contributed by atoms with E-state index >= 15 is 0 Å². The molecule has 0 unspecified atom stereocenters. The maximum atomic E-state index is 11.4. The van der Waals surface area contributed by atoms with Crippen molar-refractivity contribution in [3.05, 3.63) is 29.8 Å². The number of hydrogen-bond donors (Lipinski definition) is 4. The van der Waals surface area contributed by atoms with E-state index in [-0.39, 0.29) is 6.61 Å². The van der Waals surface area contributed by atoms with Crippen LogP contribution in [-0.2, 0) is 11.3 Å². The molecule has 3 N–H and O–H groups in total. The molecule has 0 radical (unpaired) electrons. The summed E-state index contributed by atoms with van der Waals surface area (Å²) in [5.74, 6) is 0. The van der Waals surface area contributed by atoms with Gasteiger partial charge in [0.25, 0.3) is 0 Å². The van der Waals surface area contributed by atoms with Gasteiger partial charge < -0.3 is 15.4 Å². The molecule has 1 aromatic rings. The van der Waals surface area contributed by atoms with E-state index in [9.17, 15) is 4.79 Å². The summed E-state index contributed by atoms with van der Waals surface area (Å²) in [4.78, 5) is 11.4. The lowest BCUT2D eigenvalue weighted by Gasteiger charge is -2.11. The fourth-order valence-electron chi connectivity index (χ4n) is 1.49. The van der Waals surface area contributed by atoms with Gasteiger partial charge in [-0.15, -0.1) is 0 Å². The number of benzene rings is 1. The minimum atomic E-state index is -0.416. The van der Waals surface area contributed by atoms with Crippen LogP contribution in [-0.4, -0.2) is 25.2 Å². The van der Waals surface area contributed by atoms with Crippen LogP contribution in [0.25, 0.3) is 0 Å². The number of hydrogen-bond acceptors (Lipinski definition) is 6. The van der Waals surface area contributed by atoms with Crippen molar-refractivity contribution in [2.24, 2.45) is 0 Å². The van der Waals surface area contributed by atoms with Gasteiger partial charge in [-0.1, -0.05) is 23.8 Å². The zero-order valence-corrected chi connectivity index (χ0v) is 13.4. The average Bonchev–Trinajstić information content (AvgIpc) is 2.42. The van der Waals surface area contributed by atoms with Crippen molar-refractivity contribution in [3.63, 3.8) is 0 Å². The highest BCUT2D eigenvalue weighted by atomic mass is 33.1. The minimum absolute atomic E-state index is 0.266. The van der Waals surface area contributed by atoms with Gasteiger partial charge in [0.05, 0.1) is 0 Å². The minimum Gasteiger partial charge on any atom is -0.445 e. The first-order valence-electron chi connectivity index (χ1n) is 6.41. The highest BCUT2D eigenvalue weighted by Gasteiger charge is 2.02. The summed E-state index contributed by atoms with van der Waals surface area (Å²) in [6.07, 6.45) is -0.416. The van der Waals surface area contributed by atoms with Crippen molar-refractivity contribution in [1.29, 1.82) is 0 Å². The molecule has 0 atom stereocenters. The van der Waals surface area contributed by atoms with Gasteiger partial charge in [0.1, 0.15) is 6.61 Å². The Bertz CT molecular complexity index is 399. The molecule has 0 aliphatic rings. The van der Waals surface area contributed by atoms with Gasteiger partial charge in [-0.3, -0.25) is 4.72 Å². The first kappa shape index (κ1) is 17.0. The highest BCUT2D eigenvalue weighted by Crippen LogP contribution is 2.11. The Labute approximate surface area is 129 Å². The number of anilines is 1. The topological polar surface area (TPSA) is 62.4 Å². The Balaban J connectivity index is 2.25. The first-order chi connectivity index (χ1) is 9.61. The molecule has 1 amide bonds. The number of nitrogens with one attached hydrogen (secondary N) is 3. The second-order valence-corrected chi connectivity index (χ2v) is 5.50. The van der Waals surface area contributed by atoms with E-state index in [1.807, 2.05) is 24.3 Å². The number of carbonyl (C=O) groups is 1. The third-order valence-corrected chi connectivity index (χ3v) is 3.06. The molecule has 0 saturated carbocycles. The van der Waals surface area contributed by atoms with Crippen LogP contribution in [0.2, 0.25) is 0 Å². The van der Waals surface area contributed by atoms with Crippen molar-refractivity contribution < 1.29 is 9.53 Å². The molecule has 0 spiro atoms. The lowest BCUT2D eigenvalue weighted by molar-refractivity contribution is 0.140. The van der Waals surface area contributed by atoms with Gasteiger partial charge in [-0.2, -0.15) is 0 Å². The van der Waals surface area contributed by atoms with Crippen LogP contribution in [0.5, 0.6) is 0 Å². The predicted molar refractivity (Wildman–Crippen MR) is 88.0 cm³/mol. The van der Waals surface area contributed by atoms with Gasteiger partial charge in [0.2, 0.25) is 0 Å². The monoisotopic (exact) mass is 315 g/mol. The summed E-state index contributed by atoms with van der Waals surface area (Å²) in [6.45, 7) is 5.58. The fourth-order valence-corrected chi connectivity index (χ4v) is 1.96. The molecule has 5 nitrogen and oxygen atoms in total. The molecule has 0 fully saturated rings. The Kier molecular flexibility index (Phi) is 8.32. The normalized spacial score (nSPS) is 10.4. The standard InChI is InChI=1S/C13H21N3O2S2/c1-10(2)16-12-5-3-11(4-6-12)9-18-13(17)14-7-8-15-20-19/h3-6,10,15-16,19H,7-9H2,1-2H3,(H,14,17). The number of amides is 1. The molecule has 0 aliphatic carbocycles. The van der Waals surface area contributed by atoms with E-state index in [4.69, 9.17) is 4.74 Å². The lowest BCUT2D eigenvalue weighted by Crippen LogP contribution is -2.29. The Morgan fingerprint density at radius 3 is 2.60 bits per heavy atom. The summed E-state index contributed by atoms with van der Waals surface area (Å²) in [5.41, 5.74) is 2.02. The van der Waals surface area contributed by atoms with Gasteiger partial charge in [-0.05, 0) is 42.5 Å². The number of ether oxygens (including phenoxy) is 1. The Morgan fingerprint density at radius 1 is 1.30 bits per heavy atom. The predicted octanol–water partition coefficient (Wildman–Crippen LogP) is 2.82. The largest absolute Gasteiger partial charge is 0.445 e. The molecule has 7 heteroatoms. The van der Waals surface area contributed by atoms with Crippen molar-refractivity contribution in [2.75, 3.05) is 18.4 Å². The molecule has 0 aliphatic heterocycles. The van der Waals surface area contributed by atoms with Crippen LogP contribution in [0.3, 0.4) is 0 Å². The second kappa shape index (κ2) is 9.79. The van der Waals surface area contributed by atoms with Crippen molar-refractivity contribution >= 4 is 34.4 Å². The maximum absolute atomic E-state index is 11.4. The zero-order valence-electron chi connectivity index (χ0n) is 11.7. The third-order valence-electron chi connectivity index (χ3n) is 2.34. The van der Waals surface area contributed by atoms with Crippen LogP contribution >= 0.6 is 22.6 Å². The number of rotatable bonds is 8. The van der Waals surface area contributed by atoms with Crippen molar-refractivity contribution in [1.82, 2.24) is 10.0 Å². The second-order valence-electron chi connectivity index (χ2n) is 4.48. The van der Waals surface area contributed by atoms with Gasteiger partial charge in [0.15, 0.2) is 0 Å². The van der Waals surface area contributed by atoms with Crippen molar-refractivity contribution in [2.45, 2.75) is 26.5 Å². The molecular formula is C13H21N3O2S2. The smallest absolute Gasteiger partial charge is 0.407 e. The molecule has 20 heavy (non-hydrogen) atoms. The number of thiol groups is 1. The van der Waals surface area contributed by atoms with Crippen molar-refractivity contribution in [3.8, 4) is 0 Å². The van der Waals surface area contributed by atoms with Gasteiger partial charge in [-0.25, -0.2) is 4.79 Å². The maximum Gasteiger partial charge on any atom is 0.407 e. The van der Waals surface area contributed by atoms with E-state index in [2.05, 4.69) is 40.9 Å². The molecule has 112 valence electrons. The number of alkyl carbamates (subject to hydrolysis) is 1. The third kappa shape index (κ3) is 7.52. The SMILES string of the molecule is CC(C)Nc1ccc(COC(=O)NCCNSS)cc1. The molecule has 1 rings (SSSR count). The van der Waals surface area contributed by atoms with E-state index in [1.165, 1.54) is 11.0 Å². The molecule has 0 bridgehead atoms. The molecular weight excluding hydrogens is 294 g/mol. The summed E-state index contributed by atoms with van der Waals surface area (Å²) < 4.78 is 8.01. The van der Waals surface area contributed by atoms with Crippen LogP contribution in [0, 0.1) is 0 Å². The Morgan fingerprint density at radius 2 is 2.00 bits per heavy atom. The molecule has 1 aromatic carbocycles. The van der Waals surface area contributed by atoms with Crippen LogP contribution in [0.1, 0.15) is 19.4 Å². The van der Waals surface area contributed by atoms with Crippen LogP contribution in [0.15, 0.2) is 24.3 Å². The van der Waals surface area contributed by atoms with Crippen LogP contribution < -0.4 is 15.4 Å². The Hall–Kier alpha value is -1.05. The van der Waals surface area contributed by atoms with Gasteiger partial charge >= 0.3 is 6.09 Å². The average molecular weight is 315 g/mol. The first-order valence-corrected chi connectivity index (χ1v) is 8.28. The summed E-state index contributed by atoms with van der Waals surface area (Å²) >= 11 is 3.92. The van der Waals surface area contributed by atoms with E-state index in [1.54, 1.807) is 0 Å². The fraction of sp³-hybridized carbons (Fsp3) is 0.462. The lowest BCUT2D eigenvalue weighted by atomic mass is 10.2. The molecule has 0 aromatic heterocycles. The molecule has 0 saturated heterocycles. The van der Waals surface area contributed by atoms with E-state index in [0.717, 1.165) is 11.3 Å². The summed E-state index contributed by atoms with van der Waals surface area (Å²) in [7, 11) is 1.22. The van der Waals surface area contributed by atoms with E-state index in [0.29, 0.717) is 19.1 Å². The summed E-state index contributed by atoms with van der Waals surface area (Å²) in [5, 5.41) is 5.94. The summed E-state index contributed by atoms with van der Waals surface area (Å²) in [6, 6.07) is 8.23. The number of carbonyl (C=O) groups excluding carboxylic acids is 1. The zero-order chi connectivity index (χ0) is 14.8. The van der Waals surface area contributed by atoms with E-state index < -0.39 is 6.09 Å². The van der Waals surface area contributed by atoms with Gasteiger partial charge in [0, 0.05) is 24.8 Å². The molecule has 0 heterocycles. The highest BCUT2D eigenvalue weighted by molar-refractivity contribution is 8.67. The quantitative estimate of drug-likeness (QED) is 0.257. The van der Waals surface area contributed by atoms with Crippen LogP contribution in [0.4, 0.5) is 10.5 Å².